The van der Waals surface area contributed by atoms with Gasteiger partial charge in [0.25, 0.3) is 0 Å². The number of nitrogens with two attached hydrogens (primary N) is 1. The van der Waals surface area contributed by atoms with Crippen LogP contribution in [0.5, 0.6) is 0 Å². The number of hydrogen-bond acceptors (Lipinski definition) is 4. The largest absolute Gasteiger partial charge is 0.465 e. The molecular weight excluding hydrogens is 204 g/mol. The molecule has 0 aromatic carbocycles. The van der Waals surface area contributed by atoms with Gasteiger partial charge in [-0.1, -0.05) is 0 Å². The molecule has 0 spiro atoms. The van der Waals surface area contributed by atoms with E-state index in [4.69, 9.17) is 14.9 Å². The lowest BCUT2D eigenvalue weighted by atomic mass is 10.2. The van der Waals surface area contributed by atoms with Crippen molar-refractivity contribution >= 4 is 0 Å². The summed E-state index contributed by atoms with van der Waals surface area (Å²) in [5.41, 5.74) is 5.84. The van der Waals surface area contributed by atoms with Gasteiger partial charge in [-0.3, -0.25) is 4.90 Å². The highest BCUT2D eigenvalue weighted by molar-refractivity contribution is 5.11. The standard InChI is InChI=1S/C12H20N2O2/c1-9-3-4-12(16-9)11(7-13)14-6-5-10(8-14)15-2/h3-4,10-11H,5-8,13H2,1-2H3. The lowest BCUT2D eigenvalue weighted by molar-refractivity contribution is 0.0989. The van der Waals surface area contributed by atoms with Crippen LogP contribution in [-0.4, -0.2) is 37.7 Å². The first-order chi connectivity index (χ1) is 7.74. The predicted molar refractivity (Wildman–Crippen MR) is 62.2 cm³/mol. The molecule has 1 saturated heterocycles. The number of rotatable bonds is 4. The highest BCUT2D eigenvalue weighted by Crippen LogP contribution is 2.26. The zero-order valence-corrected chi connectivity index (χ0v) is 9.98. The van der Waals surface area contributed by atoms with Crippen molar-refractivity contribution in [1.82, 2.24) is 4.90 Å². The van der Waals surface area contributed by atoms with E-state index in [1.807, 2.05) is 19.1 Å². The summed E-state index contributed by atoms with van der Waals surface area (Å²) in [6.07, 6.45) is 1.41. The number of aryl methyl sites for hydroxylation is 1. The zero-order valence-electron chi connectivity index (χ0n) is 9.98. The summed E-state index contributed by atoms with van der Waals surface area (Å²) in [4.78, 5) is 2.34. The molecule has 1 aromatic rings. The lowest BCUT2D eigenvalue weighted by Gasteiger charge is -2.24. The van der Waals surface area contributed by atoms with Gasteiger partial charge in [0, 0.05) is 26.7 Å². The van der Waals surface area contributed by atoms with E-state index in [1.54, 1.807) is 7.11 Å². The molecule has 16 heavy (non-hydrogen) atoms. The average molecular weight is 224 g/mol. The molecule has 2 atom stereocenters. The van der Waals surface area contributed by atoms with Crippen LogP contribution in [0.3, 0.4) is 0 Å². The molecule has 0 aliphatic carbocycles. The Labute approximate surface area is 96.4 Å². The van der Waals surface area contributed by atoms with Crippen molar-refractivity contribution in [3.8, 4) is 0 Å². The summed E-state index contributed by atoms with van der Waals surface area (Å²) in [7, 11) is 1.77. The summed E-state index contributed by atoms with van der Waals surface area (Å²) in [5.74, 6) is 1.91. The summed E-state index contributed by atoms with van der Waals surface area (Å²) in [6, 6.07) is 4.20. The first kappa shape index (κ1) is 11.6. The second kappa shape index (κ2) is 4.99. The molecule has 4 nitrogen and oxygen atoms in total. The second-order valence-corrected chi connectivity index (χ2v) is 4.34. The highest BCUT2D eigenvalue weighted by Gasteiger charge is 2.29. The number of furan rings is 1. The Bertz CT molecular complexity index is 338. The van der Waals surface area contributed by atoms with Gasteiger partial charge >= 0.3 is 0 Å². The van der Waals surface area contributed by atoms with Gasteiger partial charge in [-0.25, -0.2) is 0 Å². The molecule has 2 heterocycles. The molecule has 0 saturated carbocycles. The summed E-state index contributed by atoms with van der Waals surface area (Å²) < 4.78 is 11.0. The minimum absolute atomic E-state index is 0.189. The Hall–Kier alpha value is -0.840. The molecule has 4 heteroatoms. The fraction of sp³-hybridized carbons (Fsp3) is 0.667. The van der Waals surface area contributed by atoms with Crippen LogP contribution in [0.15, 0.2) is 16.5 Å². The van der Waals surface area contributed by atoms with Gasteiger partial charge in [-0.05, 0) is 25.5 Å². The molecule has 90 valence electrons. The average Bonchev–Trinajstić information content (AvgIpc) is 2.89. The van der Waals surface area contributed by atoms with Crippen LogP contribution in [0, 0.1) is 6.92 Å². The van der Waals surface area contributed by atoms with E-state index in [1.165, 1.54) is 0 Å². The van der Waals surface area contributed by atoms with Gasteiger partial charge in [-0.15, -0.1) is 0 Å². The third-order valence-electron chi connectivity index (χ3n) is 3.26. The van der Waals surface area contributed by atoms with E-state index in [0.717, 1.165) is 31.0 Å². The van der Waals surface area contributed by atoms with Gasteiger partial charge in [-0.2, -0.15) is 0 Å². The number of likely N-dealkylation sites (tertiary alicyclic amines) is 1. The second-order valence-electron chi connectivity index (χ2n) is 4.34. The number of methoxy groups -OCH3 is 1. The van der Waals surface area contributed by atoms with Gasteiger partial charge in [0.1, 0.15) is 11.5 Å². The summed E-state index contributed by atoms with van der Waals surface area (Å²) in [5, 5.41) is 0. The Morgan fingerprint density at radius 3 is 2.94 bits per heavy atom. The van der Waals surface area contributed by atoms with Crippen LogP contribution in [0.25, 0.3) is 0 Å². The molecule has 2 rings (SSSR count). The van der Waals surface area contributed by atoms with Crippen molar-refractivity contribution in [2.45, 2.75) is 25.5 Å². The van der Waals surface area contributed by atoms with E-state index < -0.39 is 0 Å². The predicted octanol–water partition coefficient (Wildman–Crippen LogP) is 1.31. The van der Waals surface area contributed by atoms with E-state index >= 15 is 0 Å². The van der Waals surface area contributed by atoms with Crippen molar-refractivity contribution < 1.29 is 9.15 Å². The molecule has 2 unspecified atom stereocenters. The third-order valence-corrected chi connectivity index (χ3v) is 3.26. The number of hydrogen-bond donors (Lipinski definition) is 1. The fourth-order valence-electron chi connectivity index (χ4n) is 2.31. The summed E-state index contributed by atoms with van der Waals surface area (Å²) >= 11 is 0. The zero-order chi connectivity index (χ0) is 11.5. The quantitative estimate of drug-likeness (QED) is 0.837. The number of nitrogens with zero attached hydrogens (tertiary/aromatic N) is 1. The van der Waals surface area contributed by atoms with Crippen LogP contribution in [-0.2, 0) is 4.74 Å². The number of ether oxygens (including phenoxy) is 1. The van der Waals surface area contributed by atoms with Crippen LogP contribution in [0.1, 0.15) is 24.0 Å². The molecule has 1 aromatic heterocycles. The third kappa shape index (κ3) is 2.29. The van der Waals surface area contributed by atoms with Crippen molar-refractivity contribution in [3.63, 3.8) is 0 Å². The van der Waals surface area contributed by atoms with E-state index in [9.17, 15) is 0 Å². The Balaban J connectivity index is 2.06. The van der Waals surface area contributed by atoms with Gasteiger partial charge < -0.3 is 14.9 Å². The van der Waals surface area contributed by atoms with Crippen molar-refractivity contribution in [2.75, 3.05) is 26.7 Å². The summed E-state index contributed by atoms with van der Waals surface area (Å²) in [6.45, 7) is 4.51. The minimum Gasteiger partial charge on any atom is -0.465 e. The lowest BCUT2D eigenvalue weighted by Crippen LogP contribution is -2.32. The molecule has 0 amide bonds. The SMILES string of the molecule is COC1CCN(C(CN)c2ccc(C)o2)C1. The normalized spacial score (nSPS) is 23.8. The van der Waals surface area contributed by atoms with Gasteiger partial charge in [0.2, 0.25) is 0 Å². The van der Waals surface area contributed by atoms with Gasteiger partial charge in [0.05, 0.1) is 12.1 Å². The van der Waals surface area contributed by atoms with E-state index in [0.29, 0.717) is 12.6 Å². The highest BCUT2D eigenvalue weighted by atomic mass is 16.5. The smallest absolute Gasteiger partial charge is 0.122 e. The van der Waals surface area contributed by atoms with E-state index in [2.05, 4.69) is 4.90 Å². The fourth-order valence-corrected chi connectivity index (χ4v) is 2.31. The topological polar surface area (TPSA) is 51.6 Å². The van der Waals surface area contributed by atoms with Crippen molar-refractivity contribution in [1.29, 1.82) is 0 Å². The van der Waals surface area contributed by atoms with Crippen molar-refractivity contribution in [3.05, 3.63) is 23.7 Å². The maximum Gasteiger partial charge on any atom is 0.122 e. The van der Waals surface area contributed by atoms with Crippen LogP contribution in [0.4, 0.5) is 0 Å². The first-order valence-corrected chi connectivity index (χ1v) is 5.78. The molecule has 0 bridgehead atoms. The maximum atomic E-state index is 5.84. The van der Waals surface area contributed by atoms with Crippen LogP contribution >= 0.6 is 0 Å². The first-order valence-electron chi connectivity index (χ1n) is 5.78. The molecule has 1 aliphatic rings. The monoisotopic (exact) mass is 224 g/mol. The Morgan fingerprint density at radius 2 is 2.44 bits per heavy atom. The van der Waals surface area contributed by atoms with Crippen molar-refractivity contribution in [2.24, 2.45) is 5.73 Å². The maximum absolute atomic E-state index is 5.84. The molecule has 1 fully saturated rings. The molecular formula is C12H20N2O2. The van der Waals surface area contributed by atoms with Gasteiger partial charge in [0.15, 0.2) is 0 Å². The minimum atomic E-state index is 0.189. The Morgan fingerprint density at radius 1 is 1.62 bits per heavy atom. The van der Waals surface area contributed by atoms with Crippen LogP contribution in [0.2, 0.25) is 0 Å². The van der Waals surface area contributed by atoms with E-state index in [-0.39, 0.29) is 6.04 Å². The Kier molecular flexibility index (Phi) is 3.63. The molecule has 2 N–H and O–H groups in total. The molecule has 0 radical (unpaired) electrons. The van der Waals surface area contributed by atoms with Crippen LogP contribution < -0.4 is 5.73 Å². The molecule has 1 aliphatic heterocycles.